The molecule has 0 saturated heterocycles. The van der Waals surface area contributed by atoms with Crippen LogP contribution in [0.15, 0.2) is 41.7 Å². The molecule has 3 aromatic rings. The van der Waals surface area contributed by atoms with Crippen LogP contribution in [0.4, 0.5) is 0 Å². The van der Waals surface area contributed by atoms with E-state index in [4.69, 9.17) is 4.74 Å². The quantitative estimate of drug-likeness (QED) is 0.294. The predicted octanol–water partition coefficient (Wildman–Crippen LogP) is 5.77. The number of thiophene rings is 1. The van der Waals surface area contributed by atoms with E-state index in [0.717, 1.165) is 36.9 Å². The Bertz CT molecular complexity index is 863. The van der Waals surface area contributed by atoms with Gasteiger partial charge in [-0.1, -0.05) is 25.1 Å². The van der Waals surface area contributed by atoms with Crippen LogP contribution < -0.4 is 4.74 Å². The van der Waals surface area contributed by atoms with Crippen LogP contribution in [-0.2, 0) is 12.8 Å². The molecule has 1 aliphatic rings. The number of aryl methyl sites for hydroxylation is 1. The zero-order valence-electron chi connectivity index (χ0n) is 15.1. The van der Waals surface area contributed by atoms with Gasteiger partial charge in [-0.2, -0.15) is 0 Å². The highest BCUT2D eigenvalue weighted by Gasteiger charge is 2.22. The zero-order valence-corrected chi connectivity index (χ0v) is 16.7. The minimum absolute atomic E-state index is 0.773. The van der Waals surface area contributed by atoms with Gasteiger partial charge in [0.05, 0.1) is 6.61 Å². The first-order valence-corrected chi connectivity index (χ1v) is 11.2. The lowest BCUT2D eigenvalue weighted by Gasteiger charge is -2.18. The van der Waals surface area contributed by atoms with Gasteiger partial charge in [0.2, 0.25) is 0 Å². The van der Waals surface area contributed by atoms with Crippen LogP contribution in [-0.4, -0.2) is 22.3 Å². The molecule has 2 heterocycles. The lowest BCUT2D eigenvalue weighted by atomic mass is 9.89. The number of rotatable bonds is 7. The molecule has 0 bridgehead atoms. The van der Waals surface area contributed by atoms with E-state index in [1.165, 1.54) is 44.9 Å². The Hall–Kier alpha value is -1.59. The first-order chi connectivity index (χ1) is 12.8. The second-order valence-corrected chi connectivity index (χ2v) is 9.10. The van der Waals surface area contributed by atoms with Crippen molar-refractivity contribution >= 4 is 33.3 Å². The van der Waals surface area contributed by atoms with Gasteiger partial charge in [0.1, 0.15) is 21.9 Å². The number of aromatic nitrogens is 2. The Morgan fingerprint density at radius 2 is 2.08 bits per heavy atom. The van der Waals surface area contributed by atoms with Gasteiger partial charge in [-0.25, -0.2) is 9.97 Å². The average Bonchev–Trinajstić information content (AvgIpc) is 3.03. The van der Waals surface area contributed by atoms with Crippen LogP contribution in [0.1, 0.15) is 36.6 Å². The molecule has 2 aromatic heterocycles. The van der Waals surface area contributed by atoms with Crippen molar-refractivity contribution in [2.75, 3.05) is 12.4 Å². The van der Waals surface area contributed by atoms with Crippen molar-refractivity contribution in [1.82, 2.24) is 9.97 Å². The Morgan fingerprint density at radius 3 is 2.96 bits per heavy atom. The monoisotopic (exact) mass is 384 g/mol. The molecule has 1 aliphatic carbocycles. The van der Waals surface area contributed by atoms with Gasteiger partial charge in [0, 0.05) is 10.3 Å². The number of thioether (sulfide) groups is 1. The Labute approximate surface area is 163 Å². The molecule has 0 radical (unpaired) electrons. The van der Waals surface area contributed by atoms with E-state index < -0.39 is 0 Å². The highest BCUT2D eigenvalue weighted by atomic mass is 32.2. The molecule has 4 rings (SSSR count). The van der Waals surface area contributed by atoms with E-state index in [0.29, 0.717) is 0 Å². The van der Waals surface area contributed by atoms with Crippen molar-refractivity contribution in [3.63, 3.8) is 0 Å². The summed E-state index contributed by atoms with van der Waals surface area (Å²) in [6, 6.07) is 10.0. The number of ether oxygens (including phenoxy) is 1. The molecule has 1 atom stereocenters. The molecule has 0 spiro atoms. The Morgan fingerprint density at radius 1 is 1.19 bits per heavy atom. The average molecular weight is 385 g/mol. The van der Waals surface area contributed by atoms with Crippen LogP contribution in [0.25, 0.3) is 10.2 Å². The summed E-state index contributed by atoms with van der Waals surface area (Å²) in [5, 5.41) is 2.51. The normalized spacial score (nSPS) is 16.6. The van der Waals surface area contributed by atoms with Crippen molar-refractivity contribution in [3.05, 3.63) is 47.1 Å². The molecule has 26 heavy (non-hydrogen) atoms. The van der Waals surface area contributed by atoms with Crippen molar-refractivity contribution < 1.29 is 4.74 Å². The molecular weight excluding hydrogens is 360 g/mol. The van der Waals surface area contributed by atoms with Crippen molar-refractivity contribution in [2.45, 2.75) is 44.1 Å². The fourth-order valence-corrected chi connectivity index (χ4v) is 5.88. The van der Waals surface area contributed by atoms with E-state index in [1.807, 2.05) is 53.4 Å². The van der Waals surface area contributed by atoms with Gasteiger partial charge in [-0.15, -0.1) is 23.1 Å². The van der Waals surface area contributed by atoms with Crippen LogP contribution in [0.5, 0.6) is 5.75 Å². The van der Waals surface area contributed by atoms with Gasteiger partial charge < -0.3 is 4.74 Å². The molecule has 0 N–H and O–H groups in total. The lowest BCUT2D eigenvalue weighted by Crippen LogP contribution is -2.08. The molecule has 0 unspecified atom stereocenters. The maximum absolute atomic E-state index is 5.77. The first-order valence-electron chi connectivity index (χ1n) is 9.37. The number of hydrogen-bond donors (Lipinski definition) is 0. The molecule has 136 valence electrons. The number of para-hydroxylation sites is 1. The molecule has 1 aromatic carbocycles. The number of fused-ring (bicyclic) bond motifs is 3. The number of benzene rings is 1. The summed E-state index contributed by atoms with van der Waals surface area (Å²) in [4.78, 5) is 11.9. The summed E-state index contributed by atoms with van der Waals surface area (Å²) in [5.41, 5.74) is 1.53. The molecule has 3 nitrogen and oxygen atoms in total. The fraction of sp³-hybridized carbons (Fsp3) is 0.429. The molecule has 0 aliphatic heterocycles. The summed E-state index contributed by atoms with van der Waals surface area (Å²) < 4.78 is 5.77. The molecule has 5 heteroatoms. The maximum atomic E-state index is 5.77. The van der Waals surface area contributed by atoms with E-state index >= 15 is 0 Å². The molecule has 0 fully saturated rings. The fourth-order valence-electron chi connectivity index (χ4n) is 3.44. The number of unbranched alkanes of at least 4 members (excludes halogenated alkanes) is 1. The second-order valence-electron chi connectivity index (χ2n) is 6.93. The molecule has 0 amide bonds. The predicted molar refractivity (Wildman–Crippen MR) is 110 cm³/mol. The highest BCUT2D eigenvalue weighted by Crippen LogP contribution is 2.40. The summed E-state index contributed by atoms with van der Waals surface area (Å²) in [5.74, 6) is 2.83. The SMILES string of the molecule is C[C@@H]1CCc2c(sc3ncnc(SCCCCOc4ccccc4)c23)C1. The minimum atomic E-state index is 0.773. The van der Waals surface area contributed by atoms with Gasteiger partial charge in [-0.3, -0.25) is 0 Å². The van der Waals surface area contributed by atoms with E-state index in [2.05, 4.69) is 16.9 Å². The van der Waals surface area contributed by atoms with Crippen LogP contribution in [0.2, 0.25) is 0 Å². The third-order valence-corrected chi connectivity index (χ3v) is 7.08. The zero-order chi connectivity index (χ0) is 17.8. The van der Waals surface area contributed by atoms with E-state index in [-0.39, 0.29) is 0 Å². The summed E-state index contributed by atoms with van der Waals surface area (Å²) >= 11 is 3.75. The van der Waals surface area contributed by atoms with Crippen molar-refractivity contribution in [3.8, 4) is 5.75 Å². The van der Waals surface area contributed by atoms with E-state index in [9.17, 15) is 0 Å². The smallest absolute Gasteiger partial charge is 0.128 e. The van der Waals surface area contributed by atoms with Crippen molar-refractivity contribution in [1.29, 1.82) is 0 Å². The first kappa shape index (κ1) is 17.8. The molecule has 0 saturated carbocycles. The summed E-state index contributed by atoms with van der Waals surface area (Å²) in [6.45, 7) is 3.13. The van der Waals surface area contributed by atoms with Gasteiger partial charge >= 0.3 is 0 Å². The van der Waals surface area contributed by atoms with Crippen LogP contribution in [0, 0.1) is 5.92 Å². The number of nitrogens with zero attached hydrogens (tertiary/aromatic N) is 2. The second kappa shape index (κ2) is 8.40. The highest BCUT2D eigenvalue weighted by molar-refractivity contribution is 7.99. The topological polar surface area (TPSA) is 35.0 Å². The number of hydrogen-bond acceptors (Lipinski definition) is 5. The minimum Gasteiger partial charge on any atom is -0.494 e. The van der Waals surface area contributed by atoms with Crippen LogP contribution in [0.3, 0.4) is 0 Å². The Balaban J connectivity index is 1.33. The maximum Gasteiger partial charge on any atom is 0.128 e. The largest absolute Gasteiger partial charge is 0.494 e. The summed E-state index contributed by atoms with van der Waals surface area (Å²) in [7, 11) is 0. The van der Waals surface area contributed by atoms with Crippen molar-refractivity contribution in [2.24, 2.45) is 5.92 Å². The third-order valence-electron chi connectivity index (χ3n) is 4.85. The lowest BCUT2D eigenvalue weighted by molar-refractivity contribution is 0.310. The summed E-state index contributed by atoms with van der Waals surface area (Å²) in [6.07, 6.45) is 7.60. The van der Waals surface area contributed by atoms with Gasteiger partial charge in [-0.05, 0) is 61.5 Å². The Kier molecular flexibility index (Phi) is 5.75. The van der Waals surface area contributed by atoms with Gasteiger partial charge in [0.25, 0.3) is 0 Å². The third kappa shape index (κ3) is 4.04. The van der Waals surface area contributed by atoms with Gasteiger partial charge in [0.15, 0.2) is 0 Å². The van der Waals surface area contributed by atoms with Crippen LogP contribution >= 0.6 is 23.1 Å². The standard InChI is InChI=1S/C21H24N2OS2/c1-15-9-10-17-18(13-15)26-21-19(17)20(22-14-23-21)25-12-6-5-11-24-16-7-3-2-4-8-16/h2-4,7-8,14-15H,5-6,9-13H2,1H3/t15-/m1/s1. The van der Waals surface area contributed by atoms with E-state index in [1.54, 1.807) is 6.33 Å². The molecular formula is C21H24N2OS2.